The Labute approximate surface area is 149 Å². The fourth-order valence-electron chi connectivity index (χ4n) is 2.93. The Morgan fingerprint density at radius 2 is 2.04 bits per heavy atom. The molecule has 0 radical (unpaired) electrons. The Hall–Kier alpha value is -2.05. The average Bonchev–Trinajstić information content (AvgIpc) is 3.35. The molecule has 1 fully saturated rings. The van der Waals surface area contributed by atoms with Crippen molar-refractivity contribution in [3.05, 3.63) is 65.2 Å². The molecule has 24 heavy (non-hydrogen) atoms. The minimum absolute atomic E-state index is 0.0478. The standard InChI is InChI=1S/C18H17N3OS2/c1-20-15(12-14(19-20)16-8-5-10-23-16)17(22)21-9-11-24-18(21)13-6-3-2-4-7-13/h2-8,10,12,18H,9,11H2,1H3. The van der Waals surface area contributed by atoms with Crippen LogP contribution in [0.25, 0.3) is 10.6 Å². The van der Waals surface area contributed by atoms with E-state index < -0.39 is 0 Å². The molecule has 1 aromatic carbocycles. The summed E-state index contributed by atoms with van der Waals surface area (Å²) in [7, 11) is 1.84. The molecular weight excluding hydrogens is 338 g/mol. The van der Waals surface area contributed by atoms with Crippen molar-refractivity contribution in [2.24, 2.45) is 7.05 Å². The molecule has 3 aromatic rings. The molecule has 4 nitrogen and oxygen atoms in total. The summed E-state index contributed by atoms with van der Waals surface area (Å²) in [6.07, 6.45) is 0. The summed E-state index contributed by atoms with van der Waals surface area (Å²) in [5.74, 6) is 1.01. The third kappa shape index (κ3) is 2.76. The van der Waals surface area contributed by atoms with Gasteiger partial charge in [0.1, 0.15) is 16.8 Å². The van der Waals surface area contributed by atoms with Crippen molar-refractivity contribution in [2.75, 3.05) is 12.3 Å². The first kappa shape index (κ1) is 15.5. The maximum atomic E-state index is 13.1. The number of nitrogens with zero attached hydrogens (tertiary/aromatic N) is 3. The molecule has 2 aromatic heterocycles. The van der Waals surface area contributed by atoms with Gasteiger partial charge in [0.2, 0.25) is 0 Å². The molecular formula is C18H17N3OS2. The fraction of sp³-hybridized carbons (Fsp3) is 0.222. The number of rotatable bonds is 3. The second-order valence-electron chi connectivity index (χ2n) is 5.65. The molecule has 1 saturated heterocycles. The Balaban J connectivity index is 1.64. The molecule has 0 bridgehead atoms. The molecule has 0 saturated carbocycles. The highest BCUT2D eigenvalue weighted by Crippen LogP contribution is 2.38. The SMILES string of the molecule is Cn1nc(-c2cccs2)cc1C(=O)N1CCSC1c1ccccc1. The number of aromatic nitrogens is 2. The predicted molar refractivity (Wildman–Crippen MR) is 99.2 cm³/mol. The van der Waals surface area contributed by atoms with E-state index in [1.54, 1.807) is 16.0 Å². The van der Waals surface area contributed by atoms with Crippen LogP contribution in [0.4, 0.5) is 0 Å². The average molecular weight is 355 g/mol. The Bertz CT molecular complexity index is 843. The second-order valence-corrected chi connectivity index (χ2v) is 7.78. The molecule has 1 amide bonds. The number of thioether (sulfide) groups is 1. The first-order valence-electron chi connectivity index (χ1n) is 7.79. The molecule has 122 valence electrons. The second kappa shape index (κ2) is 6.45. The van der Waals surface area contributed by atoms with E-state index in [2.05, 4.69) is 17.2 Å². The largest absolute Gasteiger partial charge is 0.320 e. The topological polar surface area (TPSA) is 38.1 Å². The van der Waals surface area contributed by atoms with Crippen molar-refractivity contribution in [2.45, 2.75) is 5.37 Å². The zero-order valence-corrected chi connectivity index (χ0v) is 14.9. The lowest BCUT2D eigenvalue weighted by atomic mass is 10.2. The van der Waals surface area contributed by atoms with E-state index in [4.69, 9.17) is 0 Å². The third-order valence-electron chi connectivity index (χ3n) is 4.11. The number of carbonyl (C=O) groups excluding carboxylic acids is 1. The number of thiophene rings is 1. The van der Waals surface area contributed by atoms with Crippen LogP contribution in [0.15, 0.2) is 53.9 Å². The van der Waals surface area contributed by atoms with Crippen LogP contribution in [-0.2, 0) is 7.05 Å². The van der Waals surface area contributed by atoms with Gasteiger partial charge < -0.3 is 4.90 Å². The van der Waals surface area contributed by atoms with E-state index in [0.29, 0.717) is 5.69 Å². The molecule has 0 N–H and O–H groups in total. The van der Waals surface area contributed by atoms with Crippen LogP contribution < -0.4 is 0 Å². The molecule has 1 aliphatic heterocycles. The predicted octanol–water partition coefficient (Wildman–Crippen LogP) is 4.04. The van der Waals surface area contributed by atoms with Gasteiger partial charge in [0.05, 0.1) is 4.88 Å². The van der Waals surface area contributed by atoms with Crippen LogP contribution in [0, 0.1) is 0 Å². The number of benzene rings is 1. The maximum absolute atomic E-state index is 13.1. The normalized spacial score (nSPS) is 17.4. The molecule has 4 rings (SSSR count). The van der Waals surface area contributed by atoms with Gasteiger partial charge in [0.15, 0.2) is 0 Å². The first-order chi connectivity index (χ1) is 11.7. The number of amides is 1. The minimum atomic E-state index is 0.0478. The van der Waals surface area contributed by atoms with Gasteiger partial charge in [-0.3, -0.25) is 9.48 Å². The van der Waals surface area contributed by atoms with Gasteiger partial charge in [-0.15, -0.1) is 23.1 Å². The van der Waals surface area contributed by atoms with Gasteiger partial charge in [-0.25, -0.2) is 0 Å². The lowest BCUT2D eigenvalue weighted by Gasteiger charge is -2.24. The van der Waals surface area contributed by atoms with Crippen molar-refractivity contribution in [1.29, 1.82) is 0 Å². The van der Waals surface area contributed by atoms with Gasteiger partial charge in [0, 0.05) is 19.3 Å². The molecule has 0 spiro atoms. The number of aryl methyl sites for hydroxylation is 1. The first-order valence-corrected chi connectivity index (χ1v) is 9.72. The van der Waals surface area contributed by atoms with Crippen LogP contribution in [0.2, 0.25) is 0 Å². The number of hydrogen-bond donors (Lipinski definition) is 0. The molecule has 0 aliphatic carbocycles. The summed E-state index contributed by atoms with van der Waals surface area (Å²) in [5.41, 5.74) is 2.68. The zero-order valence-electron chi connectivity index (χ0n) is 13.3. The van der Waals surface area contributed by atoms with Gasteiger partial charge >= 0.3 is 0 Å². The Kier molecular flexibility index (Phi) is 4.16. The van der Waals surface area contributed by atoms with Crippen LogP contribution in [0.3, 0.4) is 0 Å². The van der Waals surface area contributed by atoms with Gasteiger partial charge in [0.25, 0.3) is 5.91 Å². The molecule has 6 heteroatoms. The van der Waals surface area contributed by atoms with Crippen LogP contribution in [-0.4, -0.2) is 32.9 Å². The van der Waals surface area contributed by atoms with E-state index in [1.165, 1.54) is 5.56 Å². The van der Waals surface area contributed by atoms with Crippen molar-refractivity contribution in [3.63, 3.8) is 0 Å². The maximum Gasteiger partial charge on any atom is 0.273 e. The zero-order chi connectivity index (χ0) is 16.5. The van der Waals surface area contributed by atoms with Crippen LogP contribution in [0.5, 0.6) is 0 Å². The van der Waals surface area contributed by atoms with Crippen molar-refractivity contribution < 1.29 is 4.79 Å². The number of carbonyl (C=O) groups is 1. The third-order valence-corrected chi connectivity index (χ3v) is 6.26. The van der Waals surface area contributed by atoms with E-state index in [1.807, 2.05) is 65.5 Å². The van der Waals surface area contributed by atoms with Crippen molar-refractivity contribution in [3.8, 4) is 10.6 Å². The van der Waals surface area contributed by atoms with Gasteiger partial charge in [-0.05, 0) is 23.1 Å². The van der Waals surface area contributed by atoms with Crippen molar-refractivity contribution in [1.82, 2.24) is 14.7 Å². The minimum Gasteiger partial charge on any atom is -0.320 e. The van der Waals surface area contributed by atoms with E-state index in [-0.39, 0.29) is 11.3 Å². The lowest BCUT2D eigenvalue weighted by Crippen LogP contribution is -2.31. The highest BCUT2D eigenvalue weighted by molar-refractivity contribution is 7.99. The smallest absolute Gasteiger partial charge is 0.273 e. The van der Waals surface area contributed by atoms with Crippen LogP contribution >= 0.6 is 23.1 Å². The summed E-state index contributed by atoms with van der Waals surface area (Å²) in [6, 6.07) is 16.2. The van der Waals surface area contributed by atoms with Crippen LogP contribution in [0.1, 0.15) is 21.4 Å². The summed E-state index contributed by atoms with van der Waals surface area (Å²) in [4.78, 5) is 16.1. The highest BCUT2D eigenvalue weighted by Gasteiger charge is 2.32. The Morgan fingerprint density at radius 3 is 2.79 bits per heavy atom. The molecule has 1 atom stereocenters. The quantitative estimate of drug-likeness (QED) is 0.712. The van der Waals surface area contributed by atoms with Gasteiger partial charge in [-0.2, -0.15) is 5.10 Å². The lowest BCUT2D eigenvalue weighted by molar-refractivity contribution is 0.0749. The molecule has 1 aliphatic rings. The summed E-state index contributed by atoms with van der Waals surface area (Å²) < 4.78 is 1.70. The summed E-state index contributed by atoms with van der Waals surface area (Å²) in [5, 5.41) is 6.62. The fourth-order valence-corrected chi connectivity index (χ4v) is 4.87. The number of hydrogen-bond acceptors (Lipinski definition) is 4. The summed E-state index contributed by atoms with van der Waals surface area (Å²) in [6.45, 7) is 0.766. The van der Waals surface area contributed by atoms with Gasteiger partial charge in [-0.1, -0.05) is 36.4 Å². The summed E-state index contributed by atoms with van der Waals surface area (Å²) >= 11 is 3.45. The molecule has 3 heterocycles. The van der Waals surface area contributed by atoms with E-state index >= 15 is 0 Å². The molecule has 1 unspecified atom stereocenters. The monoisotopic (exact) mass is 355 g/mol. The van der Waals surface area contributed by atoms with E-state index in [9.17, 15) is 4.79 Å². The van der Waals surface area contributed by atoms with Crippen molar-refractivity contribution >= 4 is 29.0 Å². The van der Waals surface area contributed by atoms with E-state index in [0.717, 1.165) is 22.9 Å². The highest BCUT2D eigenvalue weighted by atomic mass is 32.2. The Morgan fingerprint density at radius 1 is 1.21 bits per heavy atom.